The van der Waals surface area contributed by atoms with Crippen molar-refractivity contribution in [3.8, 4) is 0 Å². The lowest BCUT2D eigenvalue weighted by Crippen LogP contribution is -2.50. The Morgan fingerprint density at radius 3 is 2.50 bits per heavy atom. The van der Waals surface area contributed by atoms with Crippen molar-refractivity contribution in [1.82, 2.24) is 9.21 Å². The second-order valence-corrected chi connectivity index (χ2v) is 8.09. The van der Waals surface area contributed by atoms with Gasteiger partial charge in [-0.25, -0.2) is 12.8 Å². The Kier molecular flexibility index (Phi) is 5.01. The van der Waals surface area contributed by atoms with Crippen LogP contribution in [0.5, 0.6) is 0 Å². The first-order valence-electron chi connectivity index (χ1n) is 8.17. The fraction of sp³-hybridized carbons (Fsp3) is 0.471. The number of rotatable bonds is 4. The molecule has 1 aliphatic heterocycles. The third-order valence-corrected chi connectivity index (χ3v) is 6.53. The van der Waals surface area contributed by atoms with Gasteiger partial charge in [0, 0.05) is 32.6 Å². The molecule has 1 heterocycles. The third kappa shape index (κ3) is 3.52. The summed E-state index contributed by atoms with van der Waals surface area (Å²) in [7, 11) is -3.86. The summed E-state index contributed by atoms with van der Waals surface area (Å²) in [6, 6.07) is 5.38. The van der Waals surface area contributed by atoms with E-state index >= 15 is 0 Å². The molecule has 1 amide bonds. The Bertz CT molecular complexity index is 740. The van der Waals surface area contributed by atoms with Gasteiger partial charge < -0.3 is 4.90 Å². The highest BCUT2D eigenvalue weighted by molar-refractivity contribution is 7.89. The van der Waals surface area contributed by atoms with Crippen LogP contribution in [0, 0.1) is 11.7 Å². The molecule has 7 heteroatoms. The average molecular weight is 352 g/mol. The number of halogens is 1. The highest BCUT2D eigenvalue weighted by atomic mass is 32.2. The largest absolute Gasteiger partial charge is 0.340 e. The molecule has 0 radical (unpaired) electrons. The molecule has 1 atom stereocenters. The van der Waals surface area contributed by atoms with Crippen molar-refractivity contribution in [1.29, 1.82) is 0 Å². The van der Waals surface area contributed by atoms with E-state index in [-0.39, 0.29) is 23.9 Å². The lowest BCUT2D eigenvalue weighted by molar-refractivity contribution is -0.133. The third-order valence-electron chi connectivity index (χ3n) is 4.60. The highest BCUT2D eigenvalue weighted by Gasteiger charge is 2.32. The van der Waals surface area contributed by atoms with Gasteiger partial charge in [0.05, 0.1) is 0 Å². The molecule has 5 nitrogen and oxygen atoms in total. The minimum Gasteiger partial charge on any atom is -0.340 e. The van der Waals surface area contributed by atoms with Crippen LogP contribution in [-0.2, 0) is 14.8 Å². The van der Waals surface area contributed by atoms with Gasteiger partial charge in [0.25, 0.3) is 0 Å². The zero-order chi connectivity index (χ0) is 17.2. The predicted octanol–water partition coefficient (Wildman–Crippen LogP) is 2.01. The second kappa shape index (κ2) is 7.03. The van der Waals surface area contributed by atoms with Crippen molar-refractivity contribution in [3.05, 3.63) is 42.2 Å². The number of hydrogen-bond acceptors (Lipinski definition) is 3. The molecule has 1 aromatic rings. The van der Waals surface area contributed by atoms with Gasteiger partial charge in [-0.3, -0.25) is 4.79 Å². The van der Waals surface area contributed by atoms with Crippen molar-refractivity contribution >= 4 is 15.9 Å². The Hall–Kier alpha value is -1.73. The highest BCUT2D eigenvalue weighted by Crippen LogP contribution is 2.23. The van der Waals surface area contributed by atoms with Gasteiger partial charge in [0.15, 0.2) is 0 Å². The molecule has 0 spiro atoms. The van der Waals surface area contributed by atoms with Crippen molar-refractivity contribution in [3.63, 3.8) is 0 Å². The van der Waals surface area contributed by atoms with E-state index < -0.39 is 15.8 Å². The van der Waals surface area contributed by atoms with Crippen LogP contribution in [0.1, 0.15) is 19.3 Å². The van der Waals surface area contributed by atoms with Crippen molar-refractivity contribution < 1.29 is 17.6 Å². The van der Waals surface area contributed by atoms with Crippen molar-refractivity contribution in [2.24, 2.45) is 5.92 Å². The summed E-state index contributed by atoms with van der Waals surface area (Å²) in [6.07, 6.45) is 6.68. The number of benzene rings is 1. The number of amides is 1. The molecular weight excluding hydrogens is 331 g/mol. The smallest absolute Gasteiger partial charge is 0.246 e. The van der Waals surface area contributed by atoms with Gasteiger partial charge in [-0.2, -0.15) is 4.31 Å². The van der Waals surface area contributed by atoms with Crippen molar-refractivity contribution in [2.45, 2.75) is 24.2 Å². The lowest BCUT2D eigenvalue weighted by atomic mass is 10.0. The Labute approximate surface area is 141 Å². The zero-order valence-corrected chi connectivity index (χ0v) is 14.2. The van der Waals surface area contributed by atoms with Gasteiger partial charge in [-0.05, 0) is 30.9 Å². The van der Waals surface area contributed by atoms with Gasteiger partial charge in [-0.15, -0.1) is 0 Å². The molecule has 24 heavy (non-hydrogen) atoms. The van der Waals surface area contributed by atoms with E-state index in [0.29, 0.717) is 25.4 Å². The summed E-state index contributed by atoms with van der Waals surface area (Å²) in [4.78, 5) is 13.7. The molecule has 1 fully saturated rings. The predicted molar refractivity (Wildman–Crippen MR) is 88.2 cm³/mol. The number of carbonyl (C=O) groups excluding carboxylic acids is 1. The Morgan fingerprint density at radius 2 is 1.88 bits per heavy atom. The Balaban J connectivity index is 1.61. The molecular formula is C17H21FN2O3S. The summed E-state index contributed by atoms with van der Waals surface area (Å²) < 4.78 is 40.1. The zero-order valence-electron chi connectivity index (χ0n) is 13.4. The second-order valence-electron chi connectivity index (χ2n) is 6.19. The van der Waals surface area contributed by atoms with Crippen LogP contribution in [-0.4, -0.2) is 49.7 Å². The van der Waals surface area contributed by atoms with Crippen LogP contribution in [0.25, 0.3) is 0 Å². The molecule has 1 saturated heterocycles. The minimum absolute atomic E-state index is 0.0643. The maximum Gasteiger partial charge on any atom is 0.246 e. The van der Waals surface area contributed by atoms with Crippen LogP contribution < -0.4 is 0 Å². The molecule has 2 aliphatic rings. The van der Waals surface area contributed by atoms with E-state index in [0.717, 1.165) is 18.9 Å². The molecule has 130 valence electrons. The molecule has 3 rings (SSSR count). The molecule has 0 bridgehead atoms. The maximum absolute atomic E-state index is 13.8. The summed E-state index contributed by atoms with van der Waals surface area (Å²) in [5.41, 5.74) is 0. The van der Waals surface area contributed by atoms with Gasteiger partial charge >= 0.3 is 0 Å². The SMILES string of the molecule is O=C(C[C@@H]1C=CCC1)N1CCN(S(=O)(=O)c2ccccc2F)CC1. The summed E-state index contributed by atoms with van der Waals surface area (Å²) in [6.45, 7) is 1.09. The number of hydrogen-bond donors (Lipinski definition) is 0. The fourth-order valence-electron chi connectivity index (χ4n) is 3.19. The summed E-state index contributed by atoms with van der Waals surface area (Å²) in [5.74, 6) is -0.379. The number of allylic oxidation sites excluding steroid dienone is 2. The molecule has 0 N–H and O–H groups in total. The van der Waals surface area contributed by atoms with E-state index in [1.165, 1.54) is 22.5 Å². The lowest BCUT2D eigenvalue weighted by Gasteiger charge is -2.34. The number of nitrogens with zero attached hydrogens (tertiary/aromatic N) is 2. The summed E-state index contributed by atoms with van der Waals surface area (Å²) >= 11 is 0. The number of piperazine rings is 1. The monoisotopic (exact) mass is 352 g/mol. The minimum atomic E-state index is -3.86. The first-order chi connectivity index (χ1) is 11.5. The van der Waals surface area contributed by atoms with Gasteiger partial charge in [0.1, 0.15) is 10.7 Å². The number of sulfonamides is 1. The fourth-order valence-corrected chi connectivity index (χ4v) is 4.68. The first-order valence-corrected chi connectivity index (χ1v) is 9.61. The first kappa shape index (κ1) is 17.1. The molecule has 0 saturated carbocycles. The molecule has 0 aromatic heterocycles. The molecule has 1 aromatic carbocycles. The normalized spacial score (nSPS) is 22.0. The standard InChI is InChI=1S/C17H21FN2O3S/c18-15-7-3-4-8-16(15)24(22,23)20-11-9-19(10-12-20)17(21)13-14-5-1-2-6-14/h1,3-5,7-8,14H,2,6,9-13H2/t14-/m1/s1. The van der Waals surface area contributed by atoms with Gasteiger partial charge in [-0.1, -0.05) is 24.3 Å². The number of carbonyl (C=O) groups is 1. The molecule has 1 aliphatic carbocycles. The average Bonchev–Trinajstić information content (AvgIpc) is 3.08. The van der Waals surface area contributed by atoms with E-state index in [4.69, 9.17) is 0 Å². The maximum atomic E-state index is 13.8. The van der Waals surface area contributed by atoms with Crippen LogP contribution >= 0.6 is 0 Å². The van der Waals surface area contributed by atoms with Crippen LogP contribution in [0.2, 0.25) is 0 Å². The Morgan fingerprint density at radius 1 is 1.17 bits per heavy atom. The summed E-state index contributed by atoms with van der Waals surface area (Å²) in [5, 5.41) is 0. The van der Waals surface area contributed by atoms with Crippen LogP contribution in [0.4, 0.5) is 4.39 Å². The quantitative estimate of drug-likeness (QED) is 0.779. The van der Waals surface area contributed by atoms with Crippen molar-refractivity contribution in [2.75, 3.05) is 26.2 Å². The van der Waals surface area contributed by atoms with E-state index in [2.05, 4.69) is 12.2 Å². The van der Waals surface area contributed by atoms with Crippen LogP contribution in [0.3, 0.4) is 0 Å². The molecule has 0 unspecified atom stereocenters. The topological polar surface area (TPSA) is 57.7 Å². The van der Waals surface area contributed by atoms with Gasteiger partial charge in [0.2, 0.25) is 15.9 Å². The van der Waals surface area contributed by atoms with E-state index in [9.17, 15) is 17.6 Å². The van der Waals surface area contributed by atoms with E-state index in [1.54, 1.807) is 4.90 Å². The van der Waals surface area contributed by atoms with E-state index in [1.807, 2.05) is 0 Å². The van der Waals surface area contributed by atoms with Crippen LogP contribution in [0.15, 0.2) is 41.3 Å².